The number of nitrogens with one attached hydrogen (secondary N) is 1. The fourth-order valence-electron chi connectivity index (χ4n) is 2.50. The Morgan fingerprint density at radius 2 is 2.14 bits per heavy atom. The van der Waals surface area contributed by atoms with Crippen molar-refractivity contribution >= 4 is 28.8 Å². The summed E-state index contributed by atoms with van der Waals surface area (Å²) < 4.78 is 5.52. The topological polar surface area (TPSA) is 185 Å². The number of nitrogens with zero attached hydrogens (tertiary/aromatic N) is 5. The number of nitro benzene ring substituents is 1. The maximum atomic E-state index is 11.0. The fourth-order valence-corrected chi connectivity index (χ4v) is 2.50. The summed E-state index contributed by atoms with van der Waals surface area (Å²) in [6.45, 7) is 0. The van der Waals surface area contributed by atoms with Gasteiger partial charge in [0.2, 0.25) is 5.75 Å². The van der Waals surface area contributed by atoms with Crippen LogP contribution in [0, 0.1) is 15.5 Å². The third-order valence-electron chi connectivity index (χ3n) is 3.89. The van der Waals surface area contributed by atoms with Gasteiger partial charge in [0.15, 0.2) is 22.8 Å². The van der Waals surface area contributed by atoms with Crippen molar-refractivity contribution < 1.29 is 20.0 Å². The Labute approximate surface area is 162 Å². The second kappa shape index (κ2) is 7.64. The molecule has 0 spiro atoms. The van der Waals surface area contributed by atoms with Crippen molar-refractivity contribution in [1.29, 1.82) is 5.41 Å². The highest BCUT2D eigenvalue weighted by molar-refractivity contribution is 5.97. The monoisotopic (exact) mass is 397 g/mol. The molecule has 0 aliphatic heterocycles. The van der Waals surface area contributed by atoms with Crippen molar-refractivity contribution in [3.05, 3.63) is 63.3 Å². The molecular formula is C17H15N7O5. The van der Waals surface area contributed by atoms with E-state index in [1.165, 1.54) is 13.2 Å². The first-order chi connectivity index (χ1) is 13.8. The Bertz CT molecular complexity index is 1230. The van der Waals surface area contributed by atoms with Gasteiger partial charge < -0.3 is 20.8 Å². The molecule has 2 aromatic carbocycles. The zero-order chi connectivity index (χ0) is 21.1. The zero-order valence-electron chi connectivity index (χ0n) is 15.0. The van der Waals surface area contributed by atoms with Crippen LogP contribution in [0.2, 0.25) is 0 Å². The summed E-state index contributed by atoms with van der Waals surface area (Å²) >= 11 is 0. The highest BCUT2D eigenvalue weighted by Gasteiger charge is 2.19. The Morgan fingerprint density at radius 1 is 1.41 bits per heavy atom. The van der Waals surface area contributed by atoms with Gasteiger partial charge in [-0.05, 0) is 18.2 Å². The Kier molecular flexibility index (Phi) is 5.08. The minimum absolute atomic E-state index is 0.0994. The first-order valence-corrected chi connectivity index (χ1v) is 8.01. The third-order valence-corrected chi connectivity index (χ3v) is 3.89. The van der Waals surface area contributed by atoms with Crippen LogP contribution in [0.4, 0.5) is 5.69 Å². The molecule has 0 unspecified atom stereocenters. The van der Waals surface area contributed by atoms with Gasteiger partial charge in [-0.2, -0.15) is 9.83 Å². The van der Waals surface area contributed by atoms with Crippen LogP contribution in [-0.2, 0) is 0 Å². The molecule has 0 radical (unpaired) electrons. The van der Waals surface area contributed by atoms with E-state index in [9.17, 15) is 20.4 Å². The molecule has 1 heterocycles. The van der Waals surface area contributed by atoms with Gasteiger partial charge in [0.1, 0.15) is 5.52 Å². The number of hydrogen-bond acceptors (Lipinski definition) is 9. The number of nitrogens with two attached hydrogens (primary N) is 1. The molecule has 0 saturated heterocycles. The number of phenolic OH excluding ortho intramolecular Hbond substituents is 1. The van der Waals surface area contributed by atoms with Crippen LogP contribution in [0.1, 0.15) is 11.3 Å². The molecule has 3 aromatic rings. The minimum atomic E-state index is -0.766. The van der Waals surface area contributed by atoms with Crippen molar-refractivity contribution in [2.75, 3.05) is 7.11 Å². The molecule has 0 fully saturated rings. The first-order valence-electron chi connectivity index (χ1n) is 8.01. The van der Waals surface area contributed by atoms with Crippen LogP contribution in [0.15, 0.2) is 46.6 Å². The molecule has 148 valence electrons. The lowest BCUT2D eigenvalue weighted by Crippen LogP contribution is -2.31. The molecule has 12 heteroatoms. The van der Waals surface area contributed by atoms with Crippen LogP contribution >= 0.6 is 0 Å². The van der Waals surface area contributed by atoms with E-state index in [2.05, 4.69) is 15.2 Å². The maximum absolute atomic E-state index is 11.0. The van der Waals surface area contributed by atoms with Crippen molar-refractivity contribution in [2.45, 2.75) is 0 Å². The average molecular weight is 397 g/mol. The molecule has 0 atom stereocenters. The fraction of sp³-hybridized carbons (Fsp3) is 0.0588. The number of aromatic hydroxyl groups is 1. The number of benzene rings is 2. The van der Waals surface area contributed by atoms with E-state index in [1.807, 2.05) is 0 Å². The lowest BCUT2D eigenvalue weighted by molar-refractivity contribution is -0.386. The highest BCUT2D eigenvalue weighted by atomic mass is 16.6. The van der Waals surface area contributed by atoms with E-state index in [0.717, 1.165) is 12.3 Å². The van der Waals surface area contributed by atoms with Crippen LogP contribution < -0.4 is 16.0 Å². The normalized spacial score (nSPS) is 11.8. The highest BCUT2D eigenvalue weighted by Crippen LogP contribution is 2.36. The first kappa shape index (κ1) is 19.3. The summed E-state index contributed by atoms with van der Waals surface area (Å²) in [7, 11) is 1.25. The summed E-state index contributed by atoms with van der Waals surface area (Å²) in [5.74, 6) is -0.965. The molecule has 12 nitrogen and oxygen atoms in total. The van der Waals surface area contributed by atoms with E-state index >= 15 is 0 Å². The minimum Gasteiger partial charge on any atom is -0.500 e. The molecule has 1 aromatic heterocycles. The van der Waals surface area contributed by atoms with Crippen molar-refractivity contribution in [2.24, 2.45) is 15.9 Å². The molecule has 3 rings (SSSR count). The second-order valence-corrected chi connectivity index (χ2v) is 5.69. The number of phenols is 1. The molecule has 0 aliphatic carbocycles. The summed E-state index contributed by atoms with van der Waals surface area (Å²) in [6.07, 6.45) is 1.15. The predicted octanol–water partition coefficient (Wildman–Crippen LogP) is 1.11. The van der Waals surface area contributed by atoms with E-state index in [1.54, 1.807) is 24.3 Å². The molecule has 29 heavy (non-hydrogen) atoms. The third kappa shape index (κ3) is 3.66. The molecule has 5 N–H and O–H groups in total. The molecule has 0 aliphatic rings. The molecular weight excluding hydrogens is 382 g/mol. The number of nitro groups is 1. The van der Waals surface area contributed by atoms with E-state index < -0.39 is 16.4 Å². The van der Waals surface area contributed by atoms with Gasteiger partial charge >= 0.3 is 5.69 Å². The average Bonchev–Trinajstić information content (AvgIpc) is 2.71. The Morgan fingerprint density at radius 3 is 2.83 bits per heavy atom. The lowest BCUT2D eigenvalue weighted by Gasteiger charge is -2.07. The largest absolute Gasteiger partial charge is 0.500 e. The molecule has 0 bridgehead atoms. The van der Waals surface area contributed by atoms with Crippen molar-refractivity contribution in [1.82, 2.24) is 9.71 Å². The van der Waals surface area contributed by atoms with Gasteiger partial charge in [0.25, 0.3) is 0 Å². The van der Waals surface area contributed by atoms with Crippen molar-refractivity contribution in [3.8, 4) is 11.5 Å². The predicted molar refractivity (Wildman–Crippen MR) is 102 cm³/mol. The number of ether oxygens (including phenoxy) is 1. The van der Waals surface area contributed by atoms with Gasteiger partial charge in [-0.15, -0.1) is 5.10 Å². The van der Waals surface area contributed by atoms with Gasteiger partial charge in [-0.1, -0.05) is 12.1 Å². The van der Waals surface area contributed by atoms with Crippen molar-refractivity contribution in [3.63, 3.8) is 0 Å². The lowest BCUT2D eigenvalue weighted by atomic mass is 10.2. The number of hydrogen-bond donors (Lipinski definition) is 4. The van der Waals surface area contributed by atoms with Crippen LogP contribution in [0.5, 0.6) is 11.5 Å². The number of aromatic nitrogens is 2. The zero-order valence-corrected chi connectivity index (χ0v) is 15.0. The second-order valence-electron chi connectivity index (χ2n) is 5.69. The SMILES string of the molecule is COc1cc(/C=N/N=C(/N)c2nc3ccccc3n(O)c2=N)cc([N+](=O)[O-])c1O. The summed E-state index contributed by atoms with van der Waals surface area (Å²) in [5.41, 5.74) is 5.72. The standard InChI is InChI=1S/C17H15N7O5/c1-29-13-7-9(6-12(15(13)25)24(27)28)8-20-22-16(18)14-17(19)23(26)11-5-3-2-4-10(11)21-14/h2-8,19,25-26H,1H3,(H2,18,22)/b19-17?,20-8+. The van der Waals surface area contributed by atoms with Gasteiger partial charge in [0, 0.05) is 11.6 Å². The number of methoxy groups -OCH3 is 1. The smallest absolute Gasteiger partial charge is 0.315 e. The summed E-state index contributed by atoms with van der Waals surface area (Å²) in [6, 6.07) is 9.01. The molecule has 0 saturated carbocycles. The van der Waals surface area contributed by atoms with E-state index in [4.69, 9.17) is 15.9 Å². The van der Waals surface area contributed by atoms with Crippen LogP contribution in [-0.4, -0.2) is 44.1 Å². The maximum Gasteiger partial charge on any atom is 0.315 e. The van der Waals surface area contributed by atoms with E-state index in [0.29, 0.717) is 15.8 Å². The quantitative estimate of drug-likeness (QED) is 0.163. The number of para-hydroxylation sites is 2. The number of rotatable bonds is 5. The van der Waals surface area contributed by atoms with Gasteiger partial charge in [0.05, 0.1) is 23.8 Å². The van der Waals surface area contributed by atoms with Crippen LogP contribution in [0.25, 0.3) is 11.0 Å². The Hall–Kier alpha value is -4.48. The molecule has 0 amide bonds. The van der Waals surface area contributed by atoms with Gasteiger partial charge in [-0.3, -0.25) is 15.5 Å². The summed E-state index contributed by atoms with van der Waals surface area (Å²) in [5, 5.41) is 46.4. The number of fused-ring (bicyclic) bond motifs is 1. The van der Waals surface area contributed by atoms with E-state index in [-0.39, 0.29) is 28.3 Å². The Balaban J connectivity index is 1.98. The van der Waals surface area contributed by atoms with Gasteiger partial charge in [-0.25, -0.2) is 4.98 Å². The summed E-state index contributed by atoms with van der Waals surface area (Å²) in [4.78, 5) is 14.5. The number of amidine groups is 1. The van der Waals surface area contributed by atoms with Crippen LogP contribution in [0.3, 0.4) is 0 Å².